The van der Waals surface area contributed by atoms with E-state index in [1.807, 2.05) is 0 Å². The van der Waals surface area contributed by atoms with Gasteiger partial charge in [-0.3, -0.25) is 5.73 Å². The zero-order valence-electron chi connectivity index (χ0n) is 15.2. The predicted octanol–water partition coefficient (Wildman–Crippen LogP) is -0.987. The van der Waals surface area contributed by atoms with Crippen molar-refractivity contribution in [2.24, 2.45) is 5.73 Å². The van der Waals surface area contributed by atoms with Crippen LogP contribution in [0, 0.1) is 0 Å². The average Bonchev–Trinajstić information content (AvgIpc) is 3.08. The molecule has 0 unspecified atom stereocenters. The number of imidazole rings is 1. The molecule has 11 nitrogen and oxygen atoms in total. The van der Waals surface area contributed by atoms with Crippen molar-refractivity contribution >= 4 is 22.9 Å². The summed E-state index contributed by atoms with van der Waals surface area (Å²) >= 11 is 0. The molecular weight excluding hydrogens is 354 g/mol. The van der Waals surface area contributed by atoms with Gasteiger partial charge >= 0.3 is 0 Å². The first-order valence-corrected chi connectivity index (χ1v) is 9.03. The number of aliphatic hydroxyl groups is 3. The maximum atomic E-state index is 11.4. The summed E-state index contributed by atoms with van der Waals surface area (Å²) in [4.78, 5) is 12.1. The van der Waals surface area contributed by atoms with Gasteiger partial charge < -0.3 is 31.5 Å². The van der Waals surface area contributed by atoms with Crippen LogP contribution in [-0.4, -0.2) is 59.3 Å². The maximum absolute atomic E-state index is 11.4. The molecule has 4 atom stereocenters. The fraction of sp³-hybridized carbons (Fsp3) is 0.688. The van der Waals surface area contributed by atoms with Gasteiger partial charge in [0.25, 0.3) is 0 Å². The number of ether oxygens (including phenoxy) is 1. The summed E-state index contributed by atoms with van der Waals surface area (Å²) in [5, 5.41) is 31.7. The van der Waals surface area contributed by atoms with E-state index in [9.17, 15) is 15.3 Å². The lowest BCUT2D eigenvalue weighted by Gasteiger charge is -2.40. The highest BCUT2D eigenvalue weighted by Crippen LogP contribution is 2.45. The molecular formula is C16H27N7O4. The van der Waals surface area contributed by atoms with Gasteiger partial charge in [-0.05, 0) is 6.42 Å². The first-order chi connectivity index (χ1) is 12.8. The minimum atomic E-state index is -1.99. The van der Waals surface area contributed by atoms with Crippen LogP contribution in [0.1, 0.15) is 39.0 Å². The average molecular weight is 381 g/mol. The predicted molar refractivity (Wildman–Crippen MR) is 98.0 cm³/mol. The van der Waals surface area contributed by atoms with E-state index in [2.05, 4.69) is 21.9 Å². The van der Waals surface area contributed by atoms with E-state index < -0.39 is 30.3 Å². The van der Waals surface area contributed by atoms with Gasteiger partial charge in [-0.2, -0.15) is 0 Å². The number of nitrogens with zero attached hydrogens (tertiary/aromatic N) is 4. The van der Waals surface area contributed by atoms with E-state index in [1.165, 1.54) is 10.9 Å². The molecule has 1 saturated heterocycles. The Morgan fingerprint density at radius 3 is 2.67 bits per heavy atom. The first kappa shape index (κ1) is 19.7. The SMILES string of the molecule is CCCCCC[C@@]1(O)[C@H](O)[C@@H](CO)O[C@@]1(N)n1c(N)nc2c(N)ncnc21. The van der Waals surface area contributed by atoms with E-state index in [0.29, 0.717) is 6.42 Å². The van der Waals surface area contributed by atoms with Crippen molar-refractivity contribution in [3.63, 3.8) is 0 Å². The molecule has 0 saturated carbocycles. The van der Waals surface area contributed by atoms with Gasteiger partial charge in [-0.15, -0.1) is 0 Å². The summed E-state index contributed by atoms with van der Waals surface area (Å²) in [6.07, 6.45) is 2.28. The van der Waals surface area contributed by atoms with Gasteiger partial charge in [0.1, 0.15) is 18.5 Å². The Morgan fingerprint density at radius 1 is 1.26 bits per heavy atom. The molecule has 2 aromatic rings. The molecule has 0 aromatic carbocycles. The largest absolute Gasteiger partial charge is 0.394 e. The summed E-state index contributed by atoms with van der Waals surface area (Å²) < 4.78 is 6.93. The zero-order chi connectivity index (χ0) is 19.8. The van der Waals surface area contributed by atoms with E-state index in [4.69, 9.17) is 21.9 Å². The van der Waals surface area contributed by atoms with Crippen LogP contribution in [0.5, 0.6) is 0 Å². The number of hydrogen-bond donors (Lipinski definition) is 6. The topological polar surface area (TPSA) is 192 Å². The minimum Gasteiger partial charge on any atom is -0.394 e. The van der Waals surface area contributed by atoms with E-state index >= 15 is 0 Å². The molecule has 2 aromatic heterocycles. The molecule has 3 heterocycles. The second kappa shape index (κ2) is 7.17. The number of nitrogen functional groups attached to an aromatic ring is 2. The molecule has 150 valence electrons. The van der Waals surface area contributed by atoms with Crippen LogP contribution in [0.2, 0.25) is 0 Å². The Hall–Kier alpha value is -2.05. The Morgan fingerprint density at radius 2 is 2.00 bits per heavy atom. The number of unbranched alkanes of at least 4 members (excludes halogenated alkanes) is 3. The van der Waals surface area contributed by atoms with E-state index in [0.717, 1.165) is 19.3 Å². The molecule has 0 bridgehead atoms. The fourth-order valence-electron chi connectivity index (χ4n) is 3.70. The molecule has 27 heavy (non-hydrogen) atoms. The second-order valence-corrected chi connectivity index (χ2v) is 6.95. The van der Waals surface area contributed by atoms with Crippen molar-refractivity contribution in [1.29, 1.82) is 0 Å². The molecule has 11 heteroatoms. The van der Waals surface area contributed by atoms with E-state index in [1.54, 1.807) is 0 Å². The Kier molecular flexibility index (Phi) is 5.23. The lowest BCUT2D eigenvalue weighted by atomic mass is 9.85. The smallest absolute Gasteiger partial charge is 0.236 e. The molecule has 0 aliphatic carbocycles. The molecule has 0 spiro atoms. The van der Waals surface area contributed by atoms with Crippen molar-refractivity contribution < 1.29 is 20.1 Å². The monoisotopic (exact) mass is 381 g/mol. The van der Waals surface area contributed by atoms with Gasteiger partial charge in [-0.1, -0.05) is 32.6 Å². The molecule has 3 rings (SSSR count). The third-order valence-corrected chi connectivity index (χ3v) is 5.21. The van der Waals surface area contributed by atoms with Crippen molar-refractivity contribution in [2.75, 3.05) is 18.1 Å². The number of fused-ring (bicyclic) bond motifs is 1. The van der Waals surface area contributed by atoms with E-state index in [-0.39, 0.29) is 29.4 Å². The molecule has 9 N–H and O–H groups in total. The summed E-state index contributed by atoms with van der Waals surface area (Å²) in [5.41, 5.74) is 16.8. The number of hydrogen-bond acceptors (Lipinski definition) is 10. The first-order valence-electron chi connectivity index (χ1n) is 9.03. The number of anilines is 2. The molecule has 0 radical (unpaired) electrons. The minimum absolute atomic E-state index is 0.0952. The Bertz CT molecular complexity index is 815. The van der Waals surface area contributed by atoms with Crippen molar-refractivity contribution in [2.45, 2.75) is 62.7 Å². The second-order valence-electron chi connectivity index (χ2n) is 6.95. The number of rotatable bonds is 7. The van der Waals surface area contributed by atoms with Crippen molar-refractivity contribution in [3.05, 3.63) is 6.33 Å². The third kappa shape index (κ3) is 2.91. The highest BCUT2D eigenvalue weighted by Gasteiger charge is 2.65. The summed E-state index contributed by atoms with van der Waals surface area (Å²) in [5.74, 6) is -2.00. The maximum Gasteiger partial charge on any atom is 0.236 e. The zero-order valence-corrected chi connectivity index (χ0v) is 15.2. The summed E-state index contributed by atoms with van der Waals surface area (Å²) in [6.45, 7) is 1.54. The van der Waals surface area contributed by atoms with Gasteiger partial charge in [0, 0.05) is 0 Å². The lowest BCUT2D eigenvalue weighted by Crippen LogP contribution is -2.63. The third-order valence-electron chi connectivity index (χ3n) is 5.21. The van der Waals surface area contributed by atoms with Crippen molar-refractivity contribution in [3.8, 4) is 0 Å². The van der Waals surface area contributed by atoms with Crippen LogP contribution in [0.25, 0.3) is 11.2 Å². The lowest BCUT2D eigenvalue weighted by molar-refractivity contribution is -0.193. The van der Waals surface area contributed by atoms with Gasteiger partial charge in [0.05, 0.1) is 6.61 Å². The van der Waals surface area contributed by atoms with Crippen molar-refractivity contribution in [1.82, 2.24) is 19.5 Å². The van der Waals surface area contributed by atoms with Crippen LogP contribution in [0.3, 0.4) is 0 Å². The summed E-state index contributed by atoms with van der Waals surface area (Å²) in [6, 6.07) is 0. The highest BCUT2D eigenvalue weighted by molar-refractivity contribution is 5.83. The number of aromatic nitrogens is 4. The van der Waals surface area contributed by atoms with Crippen LogP contribution < -0.4 is 17.2 Å². The molecule has 1 fully saturated rings. The number of nitrogens with two attached hydrogens (primary N) is 3. The standard InChI is InChI=1S/C16H27N7O4/c1-2-3-4-5-6-15(26)11(25)9(7-24)27-16(15,19)23-13-10(22-14(23)18)12(17)20-8-21-13/h8-9,11,24-26H,2-7,19H2,1H3,(H2,18,22)(H2,17,20,21)/t9-,11-,15-,16+/m1/s1. The molecule has 1 aliphatic heterocycles. The quantitative estimate of drug-likeness (QED) is 0.324. The Labute approximate surface area is 156 Å². The van der Waals surface area contributed by atoms with Gasteiger partial charge in [0.2, 0.25) is 11.8 Å². The van der Waals surface area contributed by atoms with Gasteiger partial charge in [0.15, 0.2) is 22.6 Å². The van der Waals surface area contributed by atoms with Crippen LogP contribution in [-0.2, 0) is 10.6 Å². The highest BCUT2D eigenvalue weighted by atomic mass is 16.6. The normalized spacial score (nSPS) is 31.0. The van der Waals surface area contributed by atoms with Crippen LogP contribution in [0.15, 0.2) is 6.33 Å². The van der Waals surface area contributed by atoms with Crippen LogP contribution in [0.4, 0.5) is 11.8 Å². The number of aliphatic hydroxyl groups excluding tert-OH is 2. The summed E-state index contributed by atoms with van der Waals surface area (Å²) in [7, 11) is 0. The van der Waals surface area contributed by atoms with Gasteiger partial charge in [-0.25, -0.2) is 19.5 Å². The van der Waals surface area contributed by atoms with Crippen LogP contribution >= 0.6 is 0 Å². The Balaban J connectivity index is 2.10. The molecule has 0 amide bonds. The fourth-order valence-corrected chi connectivity index (χ4v) is 3.70. The molecule has 1 aliphatic rings.